The first kappa shape index (κ1) is 20.7. The zero-order valence-electron chi connectivity index (χ0n) is 16.7. The number of carboxylic acid groups (broad SMARTS) is 1. The third kappa shape index (κ3) is 4.04. The number of benzene rings is 1. The van der Waals surface area contributed by atoms with Gasteiger partial charge in [-0.05, 0) is 50.9 Å². The third-order valence-electron chi connectivity index (χ3n) is 5.29. The number of carboxylic acids is 1. The van der Waals surface area contributed by atoms with Crippen LogP contribution < -0.4 is 0 Å². The zero-order chi connectivity index (χ0) is 20.7. The summed E-state index contributed by atoms with van der Waals surface area (Å²) in [4.78, 5) is 25.9. The Labute approximate surface area is 168 Å². The lowest BCUT2D eigenvalue weighted by molar-refractivity contribution is -0.109. The van der Waals surface area contributed by atoms with Crippen LogP contribution in [-0.4, -0.2) is 45.2 Å². The molecule has 0 spiro atoms. The first-order chi connectivity index (χ1) is 13.0. The topological polar surface area (TPSA) is 88.6 Å². The molecule has 1 aromatic carbocycles. The molecule has 1 aromatic heterocycles. The normalized spacial score (nSPS) is 18.6. The highest BCUT2D eigenvalue weighted by Gasteiger charge is 2.52. The Bertz CT molecular complexity index is 947. The number of carbonyl (C=O) groups is 2. The van der Waals surface area contributed by atoms with Gasteiger partial charge in [0.1, 0.15) is 0 Å². The average molecular weight is 401 g/mol. The van der Waals surface area contributed by atoms with Crippen molar-refractivity contribution in [1.82, 2.24) is 4.98 Å². The molecular weight excluding hydrogens is 377 g/mol. The molecule has 28 heavy (non-hydrogen) atoms. The third-order valence-corrected chi connectivity index (χ3v) is 6.17. The number of aromatic nitrogens is 1. The molecule has 2 heterocycles. The van der Waals surface area contributed by atoms with Gasteiger partial charge in [0.05, 0.1) is 16.8 Å². The summed E-state index contributed by atoms with van der Waals surface area (Å²) in [6, 6.07) is 5.56. The van der Waals surface area contributed by atoms with Crippen molar-refractivity contribution in [2.45, 2.75) is 45.8 Å². The fourth-order valence-electron chi connectivity index (χ4n) is 2.98. The SMILES string of the molecule is CC(=O)SCC(=Cc1ccc2[nH]cc(C(=O)O)c2c1)B1OC(C)(C)C(C)(C)O1. The monoisotopic (exact) mass is 401 g/mol. The van der Waals surface area contributed by atoms with Gasteiger partial charge >= 0.3 is 13.1 Å². The number of aromatic amines is 1. The maximum Gasteiger partial charge on any atom is 0.491 e. The van der Waals surface area contributed by atoms with E-state index in [0.717, 1.165) is 16.6 Å². The summed E-state index contributed by atoms with van der Waals surface area (Å²) >= 11 is 1.19. The van der Waals surface area contributed by atoms with E-state index in [0.29, 0.717) is 11.1 Å². The van der Waals surface area contributed by atoms with E-state index < -0.39 is 24.3 Å². The maximum absolute atomic E-state index is 11.5. The summed E-state index contributed by atoms with van der Waals surface area (Å²) in [6.07, 6.45) is 3.40. The number of thioether (sulfide) groups is 1. The van der Waals surface area contributed by atoms with Crippen molar-refractivity contribution >= 4 is 46.9 Å². The minimum absolute atomic E-state index is 0.0108. The summed E-state index contributed by atoms with van der Waals surface area (Å²) in [5.74, 6) is -0.547. The highest BCUT2D eigenvalue weighted by Crippen LogP contribution is 2.39. The first-order valence-electron chi connectivity index (χ1n) is 9.04. The van der Waals surface area contributed by atoms with Crippen LogP contribution in [-0.2, 0) is 14.1 Å². The fraction of sp³-hybridized carbons (Fsp3) is 0.400. The van der Waals surface area contributed by atoms with Crippen LogP contribution in [0.1, 0.15) is 50.5 Å². The van der Waals surface area contributed by atoms with Crippen LogP contribution in [0.15, 0.2) is 29.9 Å². The molecule has 0 radical (unpaired) electrons. The van der Waals surface area contributed by atoms with Gasteiger partial charge < -0.3 is 19.4 Å². The molecule has 0 unspecified atom stereocenters. The van der Waals surface area contributed by atoms with E-state index >= 15 is 0 Å². The molecule has 0 saturated carbocycles. The van der Waals surface area contributed by atoms with Crippen LogP contribution in [0.3, 0.4) is 0 Å². The molecule has 6 nitrogen and oxygen atoms in total. The van der Waals surface area contributed by atoms with Crippen LogP contribution in [0.2, 0.25) is 0 Å². The van der Waals surface area contributed by atoms with Crippen molar-refractivity contribution in [3.63, 3.8) is 0 Å². The van der Waals surface area contributed by atoms with Crippen LogP contribution >= 0.6 is 11.8 Å². The van der Waals surface area contributed by atoms with Gasteiger partial charge in [0.2, 0.25) is 0 Å². The van der Waals surface area contributed by atoms with Gasteiger partial charge in [-0.3, -0.25) is 4.79 Å². The average Bonchev–Trinajstić information content (AvgIpc) is 3.09. The summed E-state index contributed by atoms with van der Waals surface area (Å²) in [5, 5.41) is 10.0. The van der Waals surface area contributed by atoms with Crippen molar-refractivity contribution in [3.05, 3.63) is 41.0 Å². The number of carbonyl (C=O) groups excluding carboxylic acids is 1. The quantitative estimate of drug-likeness (QED) is 0.732. The van der Waals surface area contributed by atoms with E-state index in [4.69, 9.17) is 9.31 Å². The minimum Gasteiger partial charge on any atom is -0.478 e. The molecule has 1 saturated heterocycles. The Kier molecular flexibility index (Phi) is 5.49. The molecule has 148 valence electrons. The lowest BCUT2D eigenvalue weighted by atomic mass is 9.78. The number of fused-ring (bicyclic) bond motifs is 1. The first-order valence-corrected chi connectivity index (χ1v) is 10.0. The molecule has 0 atom stereocenters. The second-order valence-corrected chi connectivity index (χ2v) is 9.05. The van der Waals surface area contributed by atoms with Crippen molar-refractivity contribution in [2.75, 3.05) is 5.75 Å². The molecule has 2 aromatic rings. The van der Waals surface area contributed by atoms with E-state index in [-0.39, 0.29) is 10.7 Å². The summed E-state index contributed by atoms with van der Waals surface area (Å²) in [7, 11) is -0.572. The predicted octanol–water partition coefficient (Wildman–Crippen LogP) is 4.16. The summed E-state index contributed by atoms with van der Waals surface area (Å²) in [6.45, 7) is 9.44. The van der Waals surface area contributed by atoms with Crippen LogP contribution in [0.5, 0.6) is 0 Å². The smallest absolute Gasteiger partial charge is 0.478 e. The van der Waals surface area contributed by atoms with Crippen LogP contribution in [0, 0.1) is 0 Å². The largest absolute Gasteiger partial charge is 0.491 e. The summed E-state index contributed by atoms with van der Waals surface area (Å²) in [5.41, 5.74) is 1.65. The molecule has 0 amide bonds. The van der Waals surface area contributed by atoms with Crippen LogP contribution in [0.4, 0.5) is 0 Å². The highest BCUT2D eigenvalue weighted by atomic mass is 32.2. The molecular formula is C20H24BNO5S. The standard InChI is InChI=1S/C20H24BNO5S/c1-12(23)28-11-14(21-26-19(2,3)20(4,5)27-21)8-13-6-7-17-15(9-13)16(10-22-17)18(24)25/h6-10,22H,11H2,1-5H3,(H,24,25). The molecule has 1 aliphatic rings. The summed E-state index contributed by atoms with van der Waals surface area (Å²) < 4.78 is 12.3. The van der Waals surface area contributed by atoms with E-state index in [9.17, 15) is 14.7 Å². The number of hydrogen-bond donors (Lipinski definition) is 2. The Morgan fingerprint density at radius 3 is 2.43 bits per heavy atom. The molecule has 1 aliphatic heterocycles. The maximum atomic E-state index is 11.5. The van der Waals surface area contributed by atoms with Gasteiger partial charge in [0, 0.05) is 29.8 Å². The lowest BCUT2D eigenvalue weighted by Gasteiger charge is -2.32. The second-order valence-electron chi connectivity index (χ2n) is 7.90. The molecule has 1 fully saturated rings. The highest BCUT2D eigenvalue weighted by molar-refractivity contribution is 8.13. The second kappa shape index (κ2) is 7.42. The van der Waals surface area contributed by atoms with Gasteiger partial charge in [-0.2, -0.15) is 0 Å². The van der Waals surface area contributed by atoms with E-state index in [1.165, 1.54) is 24.9 Å². The van der Waals surface area contributed by atoms with Gasteiger partial charge in [0.15, 0.2) is 5.12 Å². The molecule has 8 heteroatoms. The van der Waals surface area contributed by atoms with Crippen molar-refractivity contribution < 1.29 is 24.0 Å². The predicted molar refractivity (Wildman–Crippen MR) is 112 cm³/mol. The fourth-order valence-corrected chi connectivity index (χ4v) is 3.57. The van der Waals surface area contributed by atoms with Crippen molar-refractivity contribution in [2.24, 2.45) is 0 Å². The Morgan fingerprint density at radius 1 is 1.21 bits per heavy atom. The number of nitrogens with one attached hydrogen (secondary N) is 1. The van der Waals surface area contributed by atoms with Crippen LogP contribution in [0.25, 0.3) is 17.0 Å². The molecule has 2 N–H and O–H groups in total. The Balaban J connectivity index is 1.99. The minimum atomic E-state index is -0.981. The van der Waals surface area contributed by atoms with Crippen molar-refractivity contribution in [3.8, 4) is 0 Å². The zero-order valence-corrected chi connectivity index (χ0v) is 17.5. The van der Waals surface area contributed by atoms with E-state index in [1.807, 2.05) is 52.0 Å². The van der Waals surface area contributed by atoms with Gasteiger partial charge in [-0.25, -0.2) is 4.79 Å². The molecule has 0 aliphatic carbocycles. The van der Waals surface area contributed by atoms with Gasteiger partial charge in [-0.15, -0.1) is 0 Å². The Hall–Kier alpha value is -2.03. The number of aromatic carboxylic acids is 1. The lowest BCUT2D eigenvalue weighted by Crippen LogP contribution is -2.41. The van der Waals surface area contributed by atoms with Gasteiger partial charge in [0.25, 0.3) is 0 Å². The van der Waals surface area contributed by atoms with E-state index in [2.05, 4.69) is 4.98 Å². The molecule has 0 bridgehead atoms. The van der Waals surface area contributed by atoms with Crippen molar-refractivity contribution in [1.29, 1.82) is 0 Å². The number of rotatable bonds is 5. The molecule has 3 rings (SSSR count). The Morgan fingerprint density at radius 2 is 1.86 bits per heavy atom. The van der Waals surface area contributed by atoms with E-state index in [1.54, 1.807) is 0 Å². The van der Waals surface area contributed by atoms with Gasteiger partial charge in [-0.1, -0.05) is 23.9 Å². The number of H-pyrrole nitrogens is 1. The number of hydrogen-bond acceptors (Lipinski definition) is 5.